The van der Waals surface area contributed by atoms with E-state index in [1.807, 2.05) is 32.1 Å². The van der Waals surface area contributed by atoms with Gasteiger partial charge < -0.3 is 24.2 Å². The first-order valence-corrected chi connectivity index (χ1v) is 22.1. The third-order valence-electron chi connectivity index (χ3n) is 12.8. The molecule has 8 rings (SSSR count). The summed E-state index contributed by atoms with van der Waals surface area (Å²) in [6.07, 6.45) is 9.65. The molecule has 13 nitrogen and oxygen atoms in total. The van der Waals surface area contributed by atoms with Gasteiger partial charge in [-0.1, -0.05) is 35.8 Å². The molecule has 0 radical (unpaired) electrons. The van der Waals surface area contributed by atoms with Crippen molar-refractivity contribution in [1.29, 1.82) is 0 Å². The van der Waals surface area contributed by atoms with Gasteiger partial charge in [-0.2, -0.15) is 4.98 Å². The quantitative estimate of drug-likeness (QED) is 0.261. The highest BCUT2D eigenvalue weighted by Gasteiger charge is 2.49. The number of aryl methyl sites for hydroxylation is 2. The van der Waals surface area contributed by atoms with Gasteiger partial charge in [-0.25, -0.2) is 13.1 Å². The predicted molar refractivity (Wildman–Crippen MR) is 218 cm³/mol. The summed E-state index contributed by atoms with van der Waals surface area (Å²) in [5, 5.41) is 6.93. The van der Waals surface area contributed by atoms with Gasteiger partial charge in [0.1, 0.15) is 11.4 Å². The van der Waals surface area contributed by atoms with Gasteiger partial charge in [-0.05, 0) is 112 Å². The van der Waals surface area contributed by atoms with Crippen molar-refractivity contribution >= 4 is 39.5 Å². The lowest BCUT2D eigenvalue weighted by Crippen LogP contribution is -2.53. The van der Waals surface area contributed by atoms with Crippen molar-refractivity contribution in [3.05, 3.63) is 82.0 Å². The van der Waals surface area contributed by atoms with E-state index >= 15 is 0 Å². The fourth-order valence-corrected chi connectivity index (χ4v) is 10.6. The number of amides is 1. The number of allylic oxidation sites excluding steroid dienone is 1. The first-order chi connectivity index (χ1) is 27.3. The second-order valence-electron chi connectivity index (χ2n) is 16.5. The number of nitrogens with zero attached hydrogens (tertiary/aromatic N) is 4. The van der Waals surface area contributed by atoms with Crippen molar-refractivity contribution in [2.24, 2.45) is 17.8 Å². The van der Waals surface area contributed by atoms with E-state index in [1.165, 1.54) is 11.1 Å². The standard InChI is InChI=1S/C34H41ClN2O6S.C8H14N4O/c1-22-6-4-15-34(20-38,42-3)29-11-8-26(29)18-37-19-33(14-5-7-24-16-27(35)10-12-28(24)33)21-43-31-13-9-25(17-30(31)37)32(39)36-44(40,41)23(22)2;1-7-10-8(13-11-7)6-12-4-2-9-3-5-12/h4,9-10,12-13,15-17,20,22-23,26,29H,5-8,11,14,18-19,21H2,1-3H3,(H,36,39);9H,2-6H2,1H3/b15-4+;/t22-,23+,26-,29+,33-,34+;/m0./s1. The Balaban J connectivity index is 0.000000322. The molecule has 1 saturated heterocycles. The number of methoxy groups -OCH3 is 1. The van der Waals surface area contributed by atoms with Crippen LogP contribution < -0.4 is 19.7 Å². The van der Waals surface area contributed by atoms with E-state index in [0.29, 0.717) is 42.7 Å². The predicted octanol–water partition coefficient (Wildman–Crippen LogP) is 5.25. The summed E-state index contributed by atoms with van der Waals surface area (Å²) in [4.78, 5) is 34.8. The molecule has 2 bridgehead atoms. The lowest BCUT2D eigenvalue weighted by molar-refractivity contribution is -0.135. The Kier molecular flexibility index (Phi) is 12.5. The summed E-state index contributed by atoms with van der Waals surface area (Å²) in [7, 11) is -2.41. The highest BCUT2D eigenvalue weighted by molar-refractivity contribution is 7.90. The van der Waals surface area contributed by atoms with E-state index in [2.05, 4.69) is 42.1 Å². The van der Waals surface area contributed by atoms with Crippen LogP contribution in [0, 0.1) is 24.7 Å². The minimum atomic E-state index is -3.97. The Labute approximate surface area is 340 Å². The van der Waals surface area contributed by atoms with E-state index in [4.69, 9.17) is 25.6 Å². The van der Waals surface area contributed by atoms with E-state index < -0.39 is 26.8 Å². The number of benzene rings is 2. The van der Waals surface area contributed by atoms with E-state index in [0.717, 1.165) is 82.7 Å². The monoisotopic (exact) mass is 822 g/mol. The number of fused-ring (bicyclic) bond motifs is 4. The molecule has 15 heteroatoms. The summed E-state index contributed by atoms with van der Waals surface area (Å²) in [6, 6.07) is 11.3. The number of hydrogen-bond acceptors (Lipinski definition) is 12. The number of aromatic nitrogens is 2. The number of piperazine rings is 1. The number of halogens is 1. The van der Waals surface area contributed by atoms with Gasteiger partial charge in [0.15, 0.2) is 12.1 Å². The van der Waals surface area contributed by atoms with Crippen molar-refractivity contribution in [2.45, 2.75) is 82.1 Å². The van der Waals surface area contributed by atoms with Gasteiger partial charge in [0.2, 0.25) is 15.9 Å². The van der Waals surface area contributed by atoms with Crippen LogP contribution in [0.5, 0.6) is 5.75 Å². The number of carbonyl (C=O) groups excluding carboxylic acids is 2. The third-order valence-corrected chi connectivity index (χ3v) is 15.0. The normalized spacial score (nSPS) is 30.5. The van der Waals surface area contributed by atoms with E-state index in [1.54, 1.807) is 32.2 Å². The van der Waals surface area contributed by atoms with Crippen molar-refractivity contribution in [1.82, 2.24) is 25.1 Å². The molecule has 2 N–H and O–H groups in total. The maximum atomic E-state index is 13.4. The van der Waals surface area contributed by atoms with E-state index in [-0.39, 0.29) is 28.7 Å². The van der Waals surface area contributed by atoms with Crippen LogP contribution in [0.2, 0.25) is 5.02 Å². The number of rotatable bonds is 4. The number of aldehydes is 1. The zero-order chi connectivity index (χ0) is 40.4. The maximum Gasteiger partial charge on any atom is 0.264 e. The number of carbonyl (C=O) groups is 2. The molecular weight excluding hydrogens is 768 g/mol. The molecule has 1 saturated carbocycles. The molecule has 3 aliphatic heterocycles. The summed E-state index contributed by atoms with van der Waals surface area (Å²) in [5.41, 5.74) is 2.05. The molecule has 3 aromatic rings. The molecule has 5 aliphatic rings. The average molecular weight is 823 g/mol. The number of nitrogens with one attached hydrogen (secondary N) is 2. The molecule has 2 fully saturated rings. The van der Waals surface area contributed by atoms with Crippen molar-refractivity contribution in [3.63, 3.8) is 0 Å². The van der Waals surface area contributed by atoms with Gasteiger partial charge in [0.05, 0.1) is 24.1 Å². The maximum absolute atomic E-state index is 13.4. The molecule has 2 aliphatic carbocycles. The van der Waals surface area contributed by atoms with Gasteiger partial charge in [-0.15, -0.1) is 0 Å². The zero-order valence-corrected chi connectivity index (χ0v) is 34.9. The van der Waals surface area contributed by atoms with Crippen LogP contribution in [0.4, 0.5) is 5.69 Å². The molecule has 0 unspecified atom stereocenters. The number of ether oxygens (including phenoxy) is 2. The van der Waals surface area contributed by atoms with Crippen LogP contribution in [0.1, 0.15) is 79.2 Å². The summed E-state index contributed by atoms with van der Waals surface area (Å²) < 4.78 is 46.4. The zero-order valence-electron chi connectivity index (χ0n) is 33.3. The Bertz CT molecular complexity index is 2070. The average Bonchev–Trinajstić information content (AvgIpc) is 3.54. The first-order valence-electron chi connectivity index (χ1n) is 20.1. The molecular formula is C42H55ClN6O7S. The summed E-state index contributed by atoms with van der Waals surface area (Å²) in [5.74, 6) is 1.23. The molecule has 1 spiro atoms. The Hall–Kier alpha value is -3.82. The fourth-order valence-electron chi connectivity index (χ4n) is 9.15. The molecule has 4 heterocycles. The van der Waals surface area contributed by atoms with Gasteiger partial charge in [-0.3, -0.25) is 14.5 Å². The largest absolute Gasteiger partial charge is 0.490 e. The van der Waals surface area contributed by atoms with Crippen molar-refractivity contribution in [2.75, 3.05) is 57.9 Å². The first kappa shape index (κ1) is 41.3. The van der Waals surface area contributed by atoms with Crippen molar-refractivity contribution in [3.8, 4) is 5.75 Å². The van der Waals surface area contributed by atoms with Crippen LogP contribution in [-0.4, -0.2) is 99.5 Å². The smallest absolute Gasteiger partial charge is 0.264 e. The molecule has 57 heavy (non-hydrogen) atoms. The Morgan fingerprint density at radius 2 is 1.93 bits per heavy atom. The lowest BCUT2D eigenvalue weighted by atomic mass is 9.64. The minimum Gasteiger partial charge on any atom is -0.490 e. The van der Waals surface area contributed by atoms with Crippen LogP contribution in [0.15, 0.2) is 53.1 Å². The Morgan fingerprint density at radius 3 is 2.63 bits per heavy atom. The third kappa shape index (κ3) is 8.80. The summed E-state index contributed by atoms with van der Waals surface area (Å²) >= 11 is 6.40. The number of hydrogen-bond donors (Lipinski definition) is 2. The molecule has 1 amide bonds. The second-order valence-corrected chi connectivity index (χ2v) is 18.9. The van der Waals surface area contributed by atoms with Crippen LogP contribution in [0.3, 0.4) is 0 Å². The fraction of sp³-hybridized carbons (Fsp3) is 0.571. The number of sulfonamides is 1. The second kappa shape index (κ2) is 17.2. The highest BCUT2D eigenvalue weighted by Crippen LogP contribution is 2.48. The van der Waals surface area contributed by atoms with Crippen LogP contribution in [0.25, 0.3) is 0 Å². The SMILES string of the molecule is CO[C@@]1(C=O)/C=C/C[C@H](C)[C@@H](C)S(=O)(=O)NC(=O)c2ccc3c(c2)N(C[C@@H]2CC[C@H]21)C[C@@]1(CCCc2cc(Cl)ccc21)CO3.Cc1noc(CN2CCNCC2)n1. The highest BCUT2D eigenvalue weighted by atomic mass is 35.5. The molecule has 6 atom stereocenters. The van der Waals surface area contributed by atoms with Gasteiger partial charge >= 0.3 is 0 Å². The molecule has 1 aromatic heterocycles. The topological polar surface area (TPSA) is 156 Å². The van der Waals surface area contributed by atoms with E-state index in [9.17, 15) is 18.0 Å². The molecule has 308 valence electrons. The van der Waals surface area contributed by atoms with Gasteiger partial charge in [0, 0.05) is 68.3 Å². The summed E-state index contributed by atoms with van der Waals surface area (Å²) in [6.45, 7) is 12.0. The minimum absolute atomic E-state index is 0.0434. The van der Waals surface area contributed by atoms with Crippen molar-refractivity contribution < 1.29 is 32.0 Å². The van der Waals surface area contributed by atoms with Crippen LogP contribution >= 0.6 is 11.6 Å². The lowest BCUT2D eigenvalue weighted by Gasteiger charge is -2.48. The number of anilines is 1. The molecule has 2 aromatic carbocycles. The van der Waals surface area contributed by atoms with Crippen LogP contribution in [-0.2, 0) is 37.9 Å². The Morgan fingerprint density at radius 1 is 1.12 bits per heavy atom. The van der Waals surface area contributed by atoms with Gasteiger partial charge in [0.25, 0.3) is 5.91 Å².